The SMILES string of the molecule is C[S+](C)(=O)CC(=O)c1ccc(Cc2ccccc2)cc1. The van der Waals surface area contributed by atoms with Gasteiger partial charge in [0.1, 0.15) is 12.5 Å². The first-order valence-corrected chi connectivity index (χ1v) is 9.06. The van der Waals surface area contributed by atoms with Gasteiger partial charge in [-0.2, -0.15) is 0 Å². The second-order valence-electron chi connectivity index (χ2n) is 5.36. The highest BCUT2D eigenvalue weighted by Crippen LogP contribution is 2.12. The van der Waals surface area contributed by atoms with Gasteiger partial charge in [-0.05, 0) is 17.5 Å². The van der Waals surface area contributed by atoms with Crippen LogP contribution in [0.25, 0.3) is 0 Å². The van der Waals surface area contributed by atoms with Crippen molar-refractivity contribution in [1.82, 2.24) is 0 Å². The van der Waals surface area contributed by atoms with Gasteiger partial charge < -0.3 is 0 Å². The summed E-state index contributed by atoms with van der Waals surface area (Å²) in [5.74, 6) is 0.0663. The van der Waals surface area contributed by atoms with Gasteiger partial charge in [0.2, 0.25) is 5.78 Å². The Bertz CT molecular complexity index is 624. The van der Waals surface area contributed by atoms with E-state index in [2.05, 4.69) is 12.1 Å². The van der Waals surface area contributed by atoms with Crippen molar-refractivity contribution in [1.29, 1.82) is 0 Å². The Morgan fingerprint density at radius 3 is 2.00 bits per heavy atom. The lowest BCUT2D eigenvalue weighted by atomic mass is 10.0. The highest BCUT2D eigenvalue weighted by molar-refractivity contribution is 8.02. The monoisotopic (exact) mass is 287 g/mol. The van der Waals surface area contributed by atoms with Gasteiger partial charge in [0.05, 0.1) is 9.93 Å². The molecule has 0 amide bonds. The lowest BCUT2D eigenvalue weighted by Gasteiger charge is -2.04. The maximum atomic E-state index is 12.0. The molecule has 2 nitrogen and oxygen atoms in total. The Morgan fingerprint density at radius 1 is 0.900 bits per heavy atom. The van der Waals surface area contributed by atoms with Crippen LogP contribution >= 0.6 is 0 Å². The van der Waals surface area contributed by atoms with Gasteiger partial charge in [-0.25, -0.2) is 0 Å². The van der Waals surface area contributed by atoms with Gasteiger partial charge in [0.25, 0.3) is 0 Å². The second kappa shape index (κ2) is 6.14. The third-order valence-corrected chi connectivity index (χ3v) is 3.96. The molecule has 0 unspecified atom stereocenters. The Kier molecular flexibility index (Phi) is 4.50. The third-order valence-electron chi connectivity index (χ3n) is 3.01. The van der Waals surface area contributed by atoms with E-state index >= 15 is 0 Å². The predicted octanol–water partition coefficient (Wildman–Crippen LogP) is 3.22. The number of rotatable bonds is 5. The minimum absolute atomic E-state index is 0.0498. The Labute approximate surface area is 121 Å². The maximum Gasteiger partial charge on any atom is 0.211 e. The van der Waals surface area contributed by atoms with Crippen LogP contribution < -0.4 is 0 Å². The molecule has 0 saturated heterocycles. The van der Waals surface area contributed by atoms with Gasteiger partial charge in [-0.15, -0.1) is 4.21 Å². The van der Waals surface area contributed by atoms with Crippen LogP contribution in [0.2, 0.25) is 0 Å². The van der Waals surface area contributed by atoms with Crippen LogP contribution in [0, 0.1) is 0 Å². The Balaban J connectivity index is 2.07. The topological polar surface area (TPSA) is 34.1 Å². The van der Waals surface area contributed by atoms with Crippen LogP contribution in [0.15, 0.2) is 54.6 Å². The zero-order chi connectivity index (χ0) is 14.6. The maximum absolute atomic E-state index is 12.0. The van der Waals surface area contributed by atoms with E-state index in [4.69, 9.17) is 0 Å². The molecule has 2 aromatic rings. The van der Waals surface area contributed by atoms with Crippen LogP contribution in [0.1, 0.15) is 21.5 Å². The van der Waals surface area contributed by atoms with Crippen LogP contribution in [0.3, 0.4) is 0 Å². The molecule has 0 saturated carbocycles. The summed E-state index contributed by atoms with van der Waals surface area (Å²) in [6.45, 7) is 0. The lowest BCUT2D eigenvalue weighted by Crippen LogP contribution is -2.19. The number of carbonyl (C=O) groups excluding carboxylic acids is 1. The smallest absolute Gasteiger partial charge is 0.211 e. The van der Waals surface area contributed by atoms with Crippen molar-refractivity contribution in [3.63, 3.8) is 0 Å². The Hall–Kier alpha value is -1.74. The van der Waals surface area contributed by atoms with Crippen molar-refractivity contribution < 1.29 is 9.00 Å². The molecule has 20 heavy (non-hydrogen) atoms. The summed E-state index contributed by atoms with van der Waals surface area (Å²) in [6.07, 6.45) is 4.09. The molecule has 0 fully saturated rings. The number of benzene rings is 2. The first kappa shape index (κ1) is 14.7. The first-order valence-electron chi connectivity index (χ1n) is 6.52. The van der Waals surface area contributed by atoms with E-state index in [1.54, 1.807) is 12.5 Å². The molecule has 104 valence electrons. The first-order chi connectivity index (χ1) is 9.44. The number of ketones is 1. The summed E-state index contributed by atoms with van der Waals surface area (Å²) in [7, 11) is -2.03. The van der Waals surface area contributed by atoms with E-state index in [1.165, 1.54) is 11.1 Å². The molecule has 0 aromatic heterocycles. The molecule has 0 heterocycles. The van der Waals surface area contributed by atoms with Gasteiger partial charge in [-0.1, -0.05) is 54.6 Å². The molecule has 2 aromatic carbocycles. The van der Waals surface area contributed by atoms with Crippen molar-refractivity contribution >= 4 is 15.7 Å². The molecule has 0 aliphatic rings. The molecule has 0 N–H and O–H groups in total. The minimum atomic E-state index is -2.03. The number of Topliss-reactive ketones (excluding diaryl/α,β-unsaturated/α-hetero) is 1. The van der Waals surface area contributed by atoms with Crippen LogP contribution in [0.5, 0.6) is 0 Å². The predicted molar refractivity (Wildman–Crippen MR) is 84.8 cm³/mol. The average molecular weight is 287 g/mol. The number of hydrogen-bond acceptors (Lipinski definition) is 2. The van der Waals surface area contributed by atoms with E-state index in [0.717, 1.165) is 6.42 Å². The summed E-state index contributed by atoms with van der Waals surface area (Å²) in [4.78, 5) is 12.0. The van der Waals surface area contributed by atoms with Crippen LogP contribution in [-0.4, -0.2) is 24.0 Å². The number of carbonyl (C=O) groups is 1. The van der Waals surface area contributed by atoms with Gasteiger partial charge in [0, 0.05) is 5.56 Å². The number of hydrogen-bond donors (Lipinski definition) is 0. The molecule has 0 aliphatic carbocycles. The van der Waals surface area contributed by atoms with Crippen LogP contribution in [0.4, 0.5) is 0 Å². The Morgan fingerprint density at radius 2 is 1.45 bits per heavy atom. The molecule has 3 heteroatoms. The lowest BCUT2D eigenvalue weighted by molar-refractivity contribution is 0.102. The van der Waals surface area contributed by atoms with Crippen molar-refractivity contribution in [2.75, 3.05) is 18.3 Å². The van der Waals surface area contributed by atoms with Crippen molar-refractivity contribution in [2.45, 2.75) is 6.42 Å². The molecule has 0 spiro atoms. The van der Waals surface area contributed by atoms with E-state index in [0.29, 0.717) is 5.56 Å². The van der Waals surface area contributed by atoms with E-state index in [9.17, 15) is 9.00 Å². The zero-order valence-electron chi connectivity index (χ0n) is 11.8. The standard InChI is InChI=1S/C17H19O2S/c1-20(2,19)13-17(18)16-10-8-15(9-11-16)12-14-6-4-3-5-7-14/h3-11H,12-13H2,1-2H3/q+1. The molecule has 0 radical (unpaired) electrons. The molecular weight excluding hydrogens is 268 g/mol. The van der Waals surface area contributed by atoms with Crippen LogP contribution in [-0.2, 0) is 20.6 Å². The fraction of sp³-hybridized carbons (Fsp3) is 0.235. The van der Waals surface area contributed by atoms with E-state index < -0.39 is 9.93 Å². The largest absolute Gasteiger partial charge is 0.289 e. The summed E-state index contributed by atoms with van der Waals surface area (Å²) < 4.78 is 11.7. The van der Waals surface area contributed by atoms with Gasteiger partial charge in [0.15, 0.2) is 5.75 Å². The molecule has 2 rings (SSSR count). The third kappa shape index (κ3) is 4.42. The average Bonchev–Trinajstić information content (AvgIpc) is 2.39. The zero-order valence-corrected chi connectivity index (χ0v) is 12.7. The minimum Gasteiger partial charge on any atom is -0.289 e. The summed E-state index contributed by atoms with van der Waals surface area (Å²) in [5.41, 5.74) is 3.05. The summed E-state index contributed by atoms with van der Waals surface area (Å²) in [6, 6.07) is 17.8. The highest BCUT2D eigenvalue weighted by Gasteiger charge is 2.20. The van der Waals surface area contributed by atoms with Crippen molar-refractivity contribution in [2.24, 2.45) is 0 Å². The quantitative estimate of drug-likeness (QED) is 0.625. The van der Waals surface area contributed by atoms with E-state index in [-0.39, 0.29) is 11.5 Å². The van der Waals surface area contributed by atoms with Crippen molar-refractivity contribution in [3.05, 3.63) is 71.3 Å². The molecule has 0 aliphatic heterocycles. The normalized spacial score (nSPS) is 11.3. The highest BCUT2D eigenvalue weighted by atomic mass is 32.2. The summed E-state index contributed by atoms with van der Waals surface area (Å²) in [5, 5.41) is 0. The van der Waals surface area contributed by atoms with Gasteiger partial charge >= 0.3 is 0 Å². The van der Waals surface area contributed by atoms with Gasteiger partial charge in [-0.3, -0.25) is 4.79 Å². The fourth-order valence-electron chi connectivity index (χ4n) is 2.04. The summed E-state index contributed by atoms with van der Waals surface area (Å²) >= 11 is 0. The second-order valence-corrected chi connectivity index (χ2v) is 8.53. The molecule has 0 bridgehead atoms. The van der Waals surface area contributed by atoms with Crippen molar-refractivity contribution in [3.8, 4) is 0 Å². The van der Waals surface area contributed by atoms with E-state index in [1.807, 2.05) is 42.5 Å². The fourth-order valence-corrected chi connectivity index (χ4v) is 2.84. The molecular formula is C17H19O2S+. The molecule has 0 atom stereocenters.